The van der Waals surface area contributed by atoms with Gasteiger partial charge in [0.2, 0.25) is 5.91 Å². The molecule has 30 heavy (non-hydrogen) atoms. The van der Waals surface area contributed by atoms with Crippen LogP contribution in [-0.2, 0) is 11.3 Å². The molecule has 1 aliphatic carbocycles. The number of benzene rings is 2. The van der Waals surface area contributed by atoms with Crippen LogP contribution in [0.15, 0.2) is 59.1 Å². The van der Waals surface area contributed by atoms with E-state index < -0.39 is 0 Å². The second-order valence-electron chi connectivity index (χ2n) is 7.98. The molecule has 0 radical (unpaired) electrons. The van der Waals surface area contributed by atoms with Gasteiger partial charge in [0.25, 0.3) is 5.89 Å². The lowest BCUT2D eigenvalue weighted by Crippen LogP contribution is -2.49. The Kier molecular flexibility index (Phi) is 5.04. The fourth-order valence-electron chi connectivity index (χ4n) is 4.13. The summed E-state index contributed by atoms with van der Waals surface area (Å²) < 4.78 is 18.4. The summed E-state index contributed by atoms with van der Waals surface area (Å²) in [6.07, 6.45) is 0.956. The second-order valence-corrected chi connectivity index (χ2v) is 7.98. The van der Waals surface area contributed by atoms with E-state index >= 15 is 0 Å². The van der Waals surface area contributed by atoms with Crippen LogP contribution in [0.1, 0.15) is 23.7 Å². The van der Waals surface area contributed by atoms with Crippen molar-refractivity contribution < 1.29 is 13.7 Å². The van der Waals surface area contributed by atoms with Crippen molar-refractivity contribution in [2.45, 2.75) is 18.9 Å². The van der Waals surface area contributed by atoms with Crippen molar-refractivity contribution in [3.05, 3.63) is 71.8 Å². The minimum Gasteiger partial charge on any atom is -0.340 e. The van der Waals surface area contributed by atoms with Gasteiger partial charge in [-0.25, -0.2) is 4.39 Å². The largest absolute Gasteiger partial charge is 0.340 e. The lowest BCUT2D eigenvalue weighted by atomic mass is 10.1. The molecule has 2 atom stereocenters. The monoisotopic (exact) mass is 406 g/mol. The van der Waals surface area contributed by atoms with Gasteiger partial charge in [-0.05, 0) is 42.2 Å². The molecule has 1 saturated carbocycles. The average Bonchev–Trinajstić information content (AvgIpc) is 3.46. The first kappa shape index (κ1) is 18.9. The Morgan fingerprint density at radius 3 is 2.50 bits per heavy atom. The fourth-order valence-corrected chi connectivity index (χ4v) is 4.13. The molecule has 2 unspecified atom stereocenters. The van der Waals surface area contributed by atoms with Crippen LogP contribution in [0.25, 0.3) is 11.5 Å². The smallest absolute Gasteiger partial charge is 0.257 e. The number of amides is 1. The standard InChI is InChI=1S/C23H23FN4O2/c24-18-8-6-17(7-9-18)22-25-21(26-30-22)15-27-10-12-28(13-11-27)23(29)20-14-19(20)16-4-2-1-3-5-16/h1-9,19-20H,10-15H2. The molecule has 2 heterocycles. The summed E-state index contributed by atoms with van der Waals surface area (Å²) in [6, 6.07) is 16.3. The molecule has 2 aliphatic rings. The first-order chi connectivity index (χ1) is 14.7. The number of piperazine rings is 1. The van der Waals surface area contributed by atoms with Crippen molar-refractivity contribution >= 4 is 5.91 Å². The van der Waals surface area contributed by atoms with Crippen LogP contribution in [-0.4, -0.2) is 52.0 Å². The zero-order valence-electron chi connectivity index (χ0n) is 16.6. The molecule has 1 aliphatic heterocycles. The quantitative estimate of drug-likeness (QED) is 0.651. The van der Waals surface area contributed by atoms with Crippen molar-refractivity contribution in [1.82, 2.24) is 19.9 Å². The van der Waals surface area contributed by atoms with E-state index in [2.05, 4.69) is 27.2 Å². The highest BCUT2D eigenvalue weighted by Crippen LogP contribution is 2.48. The van der Waals surface area contributed by atoms with Crippen LogP contribution in [0.5, 0.6) is 0 Å². The molecule has 2 aromatic carbocycles. The summed E-state index contributed by atoms with van der Waals surface area (Å²) in [7, 11) is 0. The van der Waals surface area contributed by atoms with E-state index in [0.717, 1.165) is 32.6 Å². The molecule has 0 spiro atoms. The lowest BCUT2D eigenvalue weighted by molar-refractivity contribution is -0.134. The molecule has 2 fully saturated rings. The highest BCUT2D eigenvalue weighted by molar-refractivity contribution is 5.83. The first-order valence-corrected chi connectivity index (χ1v) is 10.3. The summed E-state index contributed by atoms with van der Waals surface area (Å²) in [5.74, 6) is 1.48. The van der Waals surface area contributed by atoms with Crippen molar-refractivity contribution in [3.63, 3.8) is 0 Å². The SMILES string of the molecule is O=C(C1CC1c1ccccc1)N1CCN(Cc2noc(-c3ccc(F)cc3)n2)CC1. The molecule has 154 valence electrons. The predicted molar refractivity (Wildman–Crippen MR) is 109 cm³/mol. The number of aromatic nitrogens is 2. The lowest BCUT2D eigenvalue weighted by Gasteiger charge is -2.34. The number of nitrogens with zero attached hydrogens (tertiary/aromatic N) is 4. The van der Waals surface area contributed by atoms with Crippen LogP contribution >= 0.6 is 0 Å². The van der Waals surface area contributed by atoms with Gasteiger partial charge in [-0.3, -0.25) is 9.69 Å². The Labute approximate surface area is 174 Å². The van der Waals surface area contributed by atoms with Crippen LogP contribution in [0.3, 0.4) is 0 Å². The minimum absolute atomic E-state index is 0.134. The summed E-state index contributed by atoms with van der Waals surface area (Å²) in [6.45, 7) is 3.59. The Morgan fingerprint density at radius 1 is 1.03 bits per heavy atom. The highest BCUT2D eigenvalue weighted by atomic mass is 19.1. The molecule has 1 amide bonds. The first-order valence-electron chi connectivity index (χ1n) is 10.3. The predicted octanol–water partition coefficient (Wildman–Crippen LogP) is 3.32. The molecule has 3 aromatic rings. The maximum Gasteiger partial charge on any atom is 0.257 e. The van der Waals surface area contributed by atoms with E-state index in [1.54, 1.807) is 12.1 Å². The van der Waals surface area contributed by atoms with E-state index in [1.807, 2.05) is 23.1 Å². The topological polar surface area (TPSA) is 62.5 Å². The third-order valence-corrected chi connectivity index (χ3v) is 5.94. The van der Waals surface area contributed by atoms with Gasteiger partial charge in [0.1, 0.15) is 5.82 Å². The number of carbonyl (C=O) groups is 1. The van der Waals surface area contributed by atoms with Gasteiger partial charge in [0.05, 0.1) is 6.54 Å². The normalized spacial score (nSPS) is 21.6. The number of hydrogen-bond donors (Lipinski definition) is 0. The van der Waals surface area contributed by atoms with Gasteiger partial charge < -0.3 is 9.42 Å². The molecule has 0 bridgehead atoms. The van der Waals surface area contributed by atoms with Crippen LogP contribution in [0.4, 0.5) is 4.39 Å². The van der Waals surface area contributed by atoms with Gasteiger partial charge >= 0.3 is 0 Å². The third-order valence-electron chi connectivity index (χ3n) is 5.94. The van der Waals surface area contributed by atoms with Crippen LogP contribution in [0, 0.1) is 11.7 Å². The van der Waals surface area contributed by atoms with E-state index in [4.69, 9.17) is 4.52 Å². The van der Waals surface area contributed by atoms with Gasteiger partial charge in [-0.2, -0.15) is 4.98 Å². The van der Waals surface area contributed by atoms with Crippen molar-refractivity contribution in [3.8, 4) is 11.5 Å². The maximum absolute atomic E-state index is 13.1. The van der Waals surface area contributed by atoms with Gasteiger partial charge in [-0.15, -0.1) is 0 Å². The summed E-state index contributed by atoms with van der Waals surface area (Å²) in [4.78, 5) is 21.5. The Morgan fingerprint density at radius 2 is 1.77 bits per heavy atom. The van der Waals surface area contributed by atoms with Crippen molar-refractivity contribution in [1.29, 1.82) is 0 Å². The number of rotatable bonds is 5. The van der Waals surface area contributed by atoms with Crippen LogP contribution < -0.4 is 0 Å². The highest BCUT2D eigenvalue weighted by Gasteiger charge is 2.45. The zero-order chi connectivity index (χ0) is 20.5. The molecule has 1 aromatic heterocycles. The molecule has 7 heteroatoms. The Balaban J connectivity index is 1.13. The summed E-state index contributed by atoms with van der Waals surface area (Å²) >= 11 is 0. The summed E-state index contributed by atoms with van der Waals surface area (Å²) in [5, 5.41) is 4.04. The van der Waals surface area contributed by atoms with Gasteiger partial charge in [0.15, 0.2) is 5.82 Å². The van der Waals surface area contributed by atoms with E-state index in [1.165, 1.54) is 17.7 Å². The summed E-state index contributed by atoms with van der Waals surface area (Å²) in [5.41, 5.74) is 1.96. The number of halogens is 1. The van der Waals surface area contributed by atoms with Gasteiger partial charge in [0, 0.05) is 37.7 Å². The van der Waals surface area contributed by atoms with Crippen molar-refractivity contribution in [2.75, 3.05) is 26.2 Å². The Hall–Kier alpha value is -3.06. The van der Waals surface area contributed by atoms with Gasteiger partial charge in [-0.1, -0.05) is 35.5 Å². The maximum atomic E-state index is 13.1. The van der Waals surface area contributed by atoms with Crippen molar-refractivity contribution in [2.24, 2.45) is 5.92 Å². The molecule has 0 N–H and O–H groups in total. The molecule has 6 nitrogen and oxygen atoms in total. The minimum atomic E-state index is -0.299. The molecular weight excluding hydrogens is 383 g/mol. The van der Waals surface area contributed by atoms with Crippen LogP contribution in [0.2, 0.25) is 0 Å². The second kappa shape index (κ2) is 7.99. The van der Waals surface area contributed by atoms with E-state index in [0.29, 0.717) is 29.7 Å². The molecular formula is C23H23FN4O2. The Bertz CT molecular complexity index is 1010. The zero-order valence-corrected chi connectivity index (χ0v) is 16.6. The molecule has 1 saturated heterocycles. The number of carbonyl (C=O) groups excluding carboxylic acids is 1. The number of hydrogen-bond acceptors (Lipinski definition) is 5. The third kappa shape index (κ3) is 3.98. The average molecular weight is 406 g/mol. The molecule has 5 rings (SSSR count). The van der Waals surface area contributed by atoms with E-state index in [9.17, 15) is 9.18 Å². The fraction of sp³-hybridized carbons (Fsp3) is 0.348. The van der Waals surface area contributed by atoms with E-state index in [-0.39, 0.29) is 17.6 Å².